The highest BCUT2D eigenvalue weighted by Crippen LogP contribution is 2.32. The van der Waals surface area contributed by atoms with Crippen molar-refractivity contribution in [2.75, 3.05) is 26.9 Å². The van der Waals surface area contributed by atoms with Crippen LogP contribution in [0.5, 0.6) is 5.75 Å². The van der Waals surface area contributed by atoms with Gasteiger partial charge in [0.1, 0.15) is 11.9 Å². The van der Waals surface area contributed by atoms with E-state index in [9.17, 15) is 9.59 Å². The van der Waals surface area contributed by atoms with Crippen LogP contribution < -0.4 is 15.4 Å². The maximum atomic E-state index is 12.5. The van der Waals surface area contributed by atoms with Crippen molar-refractivity contribution in [1.82, 2.24) is 10.6 Å². The molecule has 0 bridgehead atoms. The zero-order chi connectivity index (χ0) is 20.6. The van der Waals surface area contributed by atoms with E-state index in [1.165, 1.54) is 0 Å². The van der Waals surface area contributed by atoms with Gasteiger partial charge in [-0.05, 0) is 44.7 Å². The second-order valence-electron chi connectivity index (χ2n) is 7.34. The zero-order valence-corrected chi connectivity index (χ0v) is 17.1. The fraction of sp³-hybridized carbons (Fsp3) is 0.545. The molecule has 7 nitrogen and oxygen atoms in total. The standard InChI is InChI=1S/C22H30N2O5/c1-3-28-12-6-11-23-21(25)16-9-10-19-17(13-16)24-22(26)20(29-19)14-15-7-4-5-8-18(15)27-2/h4-5,7-8,14,16-17,19H,3,6,9-13H2,1-2H3,(H,23,25)(H,24,26)/b20-14-. The number of benzene rings is 1. The van der Waals surface area contributed by atoms with E-state index in [1.54, 1.807) is 13.2 Å². The number of amides is 2. The number of hydrogen-bond donors (Lipinski definition) is 2. The van der Waals surface area contributed by atoms with Crippen LogP contribution >= 0.6 is 0 Å². The lowest BCUT2D eigenvalue weighted by atomic mass is 9.82. The van der Waals surface area contributed by atoms with Gasteiger partial charge in [0.25, 0.3) is 5.91 Å². The molecular formula is C22H30N2O5. The van der Waals surface area contributed by atoms with Gasteiger partial charge >= 0.3 is 0 Å². The lowest BCUT2D eigenvalue weighted by Crippen LogP contribution is -2.54. The largest absolute Gasteiger partial charge is 0.496 e. The van der Waals surface area contributed by atoms with Crippen molar-refractivity contribution in [2.24, 2.45) is 5.92 Å². The molecule has 3 atom stereocenters. The molecule has 1 saturated heterocycles. The molecule has 3 rings (SSSR count). The molecule has 1 heterocycles. The molecule has 0 aromatic heterocycles. The Morgan fingerprint density at radius 3 is 2.97 bits per heavy atom. The van der Waals surface area contributed by atoms with Crippen LogP contribution in [-0.2, 0) is 19.1 Å². The van der Waals surface area contributed by atoms with E-state index in [0.717, 1.165) is 24.8 Å². The highest BCUT2D eigenvalue weighted by molar-refractivity contribution is 5.97. The number of methoxy groups -OCH3 is 1. The molecular weight excluding hydrogens is 372 g/mol. The van der Waals surface area contributed by atoms with E-state index >= 15 is 0 Å². The molecule has 2 fully saturated rings. The van der Waals surface area contributed by atoms with Crippen molar-refractivity contribution >= 4 is 17.9 Å². The van der Waals surface area contributed by atoms with Gasteiger partial charge in [0, 0.05) is 31.2 Å². The zero-order valence-electron chi connectivity index (χ0n) is 17.1. The summed E-state index contributed by atoms with van der Waals surface area (Å²) in [6.07, 6.45) is 4.46. The molecule has 0 spiro atoms. The number of carbonyl (C=O) groups excluding carboxylic acids is 2. The maximum absolute atomic E-state index is 12.5. The van der Waals surface area contributed by atoms with Crippen LogP contribution in [-0.4, -0.2) is 50.8 Å². The Hall–Kier alpha value is -2.54. The van der Waals surface area contributed by atoms with Crippen molar-refractivity contribution < 1.29 is 23.8 Å². The van der Waals surface area contributed by atoms with Gasteiger partial charge in [0.2, 0.25) is 5.91 Å². The first-order chi connectivity index (χ1) is 14.1. The third kappa shape index (κ3) is 5.50. The summed E-state index contributed by atoms with van der Waals surface area (Å²) in [6, 6.07) is 7.33. The van der Waals surface area contributed by atoms with Crippen LogP contribution in [0, 0.1) is 5.92 Å². The molecule has 2 N–H and O–H groups in total. The van der Waals surface area contributed by atoms with Gasteiger partial charge < -0.3 is 24.8 Å². The number of carbonyl (C=O) groups is 2. The average Bonchev–Trinajstić information content (AvgIpc) is 2.74. The highest BCUT2D eigenvalue weighted by Gasteiger charge is 2.40. The van der Waals surface area contributed by atoms with E-state index in [-0.39, 0.29) is 35.6 Å². The molecule has 3 unspecified atom stereocenters. The summed E-state index contributed by atoms with van der Waals surface area (Å²) in [5.41, 5.74) is 0.790. The summed E-state index contributed by atoms with van der Waals surface area (Å²) in [7, 11) is 1.60. The smallest absolute Gasteiger partial charge is 0.286 e. The van der Waals surface area contributed by atoms with Crippen LogP contribution in [0.1, 0.15) is 38.2 Å². The molecule has 1 aliphatic heterocycles. The van der Waals surface area contributed by atoms with Gasteiger partial charge in [0.05, 0.1) is 13.2 Å². The van der Waals surface area contributed by atoms with E-state index in [2.05, 4.69) is 10.6 Å². The molecule has 1 aliphatic carbocycles. The summed E-state index contributed by atoms with van der Waals surface area (Å²) < 4.78 is 16.6. The first-order valence-corrected chi connectivity index (χ1v) is 10.3. The van der Waals surface area contributed by atoms with Gasteiger partial charge in [-0.1, -0.05) is 18.2 Å². The van der Waals surface area contributed by atoms with Crippen LogP contribution in [0.25, 0.3) is 6.08 Å². The topological polar surface area (TPSA) is 85.9 Å². The van der Waals surface area contributed by atoms with E-state index in [1.807, 2.05) is 31.2 Å². The molecule has 29 heavy (non-hydrogen) atoms. The van der Waals surface area contributed by atoms with Gasteiger partial charge in [-0.3, -0.25) is 9.59 Å². The van der Waals surface area contributed by atoms with Crippen molar-refractivity contribution in [3.8, 4) is 5.75 Å². The molecule has 1 aromatic rings. The van der Waals surface area contributed by atoms with Crippen LogP contribution in [0.15, 0.2) is 30.0 Å². The summed E-state index contributed by atoms with van der Waals surface area (Å²) in [5.74, 6) is 0.657. The predicted molar refractivity (Wildman–Crippen MR) is 109 cm³/mol. The number of fused-ring (bicyclic) bond motifs is 1. The molecule has 1 aromatic carbocycles. The lowest BCUT2D eigenvalue weighted by Gasteiger charge is -2.39. The Balaban J connectivity index is 1.55. The number of ether oxygens (including phenoxy) is 3. The number of rotatable bonds is 8. The fourth-order valence-electron chi connectivity index (χ4n) is 3.83. The van der Waals surface area contributed by atoms with Crippen molar-refractivity contribution in [1.29, 1.82) is 0 Å². The van der Waals surface area contributed by atoms with E-state index in [0.29, 0.717) is 31.9 Å². The number of hydrogen-bond acceptors (Lipinski definition) is 5. The van der Waals surface area contributed by atoms with Crippen LogP contribution in [0.2, 0.25) is 0 Å². The van der Waals surface area contributed by atoms with Crippen LogP contribution in [0.4, 0.5) is 0 Å². The lowest BCUT2D eigenvalue weighted by molar-refractivity contribution is -0.134. The average molecular weight is 402 g/mol. The quantitative estimate of drug-likeness (QED) is 0.515. The Morgan fingerprint density at radius 2 is 2.17 bits per heavy atom. The van der Waals surface area contributed by atoms with Gasteiger partial charge in [-0.2, -0.15) is 0 Å². The minimum atomic E-state index is -0.255. The van der Waals surface area contributed by atoms with E-state index < -0.39 is 0 Å². The summed E-state index contributed by atoms with van der Waals surface area (Å²) in [6.45, 7) is 3.90. The molecule has 0 radical (unpaired) electrons. The monoisotopic (exact) mass is 402 g/mol. The Morgan fingerprint density at radius 1 is 1.34 bits per heavy atom. The molecule has 7 heteroatoms. The Bertz CT molecular complexity index is 748. The first kappa shape index (κ1) is 21.2. The first-order valence-electron chi connectivity index (χ1n) is 10.3. The number of nitrogens with one attached hydrogen (secondary N) is 2. The van der Waals surface area contributed by atoms with Crippen molar-refractivity contribution in [3.05, 3.63) is 35.6 Å². The second-order valence-corrected chi connectivity index (χ2v) is 7.34. The third-order valence-electron chi connectivity index (χ3n) is 5.37. The fourth-order valence-corrected chi connectivity index (χ4v) is 3.83. The Kier molecular flexibility index (Phi) is 7.52. The maximum Gasteiger partial charge on any atom is 0.286 e. The molecule has 2 amide bonds. The summed E-state index contributed by atoms with van der Waals surface area (Å²) >= 11 is 0. The minimum absolute atomic E-state index is 0.0459. The SMILES string of the molecule is CCOCCCNC(=O)C1CCC2O/C(=C\c3ccccc3OC)C(=O)NC2C1. The molecule has 1 saturated carbocycles. The van der Waals surface area contributed by atoms with Gasteiger partial charge in [-0.15, -0.1) is 0 Å². The number of para-hydroxylation sites is 1. The Labute approximate surface area is 171 Å². The normalized spacial score (nSPS) is 25.0. The highest BCUT2D eigenvalue weighted by atomic mass is 16.5. The van der Waals surface area contributed by atoms with Gasteiger partial charge in [-0.25, -0.2) is 0 Å². The summed E-state index contributed by atoms with van der Waals surface area (Å²) in [5, 5.41) is 6.00. The van der Waals surface area contributed by atoms with Crippen molar-refractivity contribution in [3.63, 3.8) is 0 Å². The number of morpholine rings is 1. The van der Waals surface area contributed by atoms with Crippen molar-refractivity contribution in [2.45, 2.75) is 44.8 Å². The molecule has 2 aliphatic rings. The minimum Gasteiger partial charge on any atom is -0.496 e. The third-order valence-corrected chi connectivity index (χ3v) is 5.37. The summed E-state index contributed by atoms with van der Waals surface area (Å²) in [4.78, 5) is 25.0. The van der Waals surface area contributed by atoms with Crippen LogP contribution in [0.3, 0.4) is 0 Å². The van der Waals surface area contributed by atoms with Gasteiger partial charge in [0.15, 0.2) is 5.76 Å². The predicted octanol–water partition coefficient (Wildman–Crippen LogP) is 2.26. The molecule has 158 valence electrons. The second kappa shape index (κ2) is 10.3. The van der Waals surface area contributed by atoms with E-state index in [4.69, 9.17) is 14.2 Å².